The SMILES string of the molecule is CCCCC(CCC)NC1CCc2cc(F)ccc21. The van der Waals surface area contributed by atoms with E-state index in [1.165, 1.54) is 43.2 Å². The van der Waals surface area contributed by atoms with Gasteiger partial charge in [-0.05, 0) is 48.9 Å². The van der Waals surface area contributed by atoms with Crippen LogP contribution < -0.4 is 5.32 Å². The predicted molar refractivity (Wildman–Crippen MR) is 78.8 cm³/mol. The molecule has 2 unspecified atom stereocenters. The van der Waals surface area contributed by atoms with Crippen LogP contribution in [-0.2, 0) is 6.42 Å². The Balaban J connectivity index is 1.99. The largest absolute Gasteiger partial charge is 0.307 e. The van der Waals surface area contributed by atoms with E-state index in [-0.39, 0.29) is 5.82 Å². The summed E-state index contributed by atoms with van der Waals surface area (Å²) in [5.74, 6) is -0.101. The molecule has 1 aliphatic carbocycles. The monoisotopic (exact) mass is 263 g/mol. The molecule has 0 spiro atoms. The van der Waals surface area contributed by atoms with Crippen molar-refractivity contribution in [2.24, 2.45) is 0 Å². The number of hydrogen-bond donors (Lipinski definition) is 1. The quantitative estimate of drug-likeness (QED) is 0.747. The first kappa shape index (κ1) is 14.5. The highest BCUT2D eigenvalue weighted by molar-refractivity contribution is 5.35. The van der Waals surface area contributed by atoms with Gasteiger partial charge in [-0.25, -0.2) is 4.39 Å². The van der Waals surface area contributed by atoms with E-state index < -0.39 is 0 Å². The first-order chi connectivity index (χ1) is 9.24. The van der Waals surface area contributed by atoms with Crippen LogP contribution in [0.3, 0.4) is 0 Å². The lowest BCUT2D eigenvalue weighted by atomic mass is 10.0. The molecule has 0 fully saturated rings. The van der Waals surface area contributed by atoms with Crippen molar-refractivity contribution in [3.8, 4) is 0 Å². The molecular formula is C17H26FN. The molecule has 1 aromatic rings. The van der Waals surface area contributed by atoms with Crippen LogP contribution in [0.2, 0.25) is 0 Å². The molecule has 0 saturated heterocycles. The van der Waals surface area contributed by atoms with Crippen molar-refractivity contribution in [1.29, 1.82) is 0 Å². The van der Waals surface area contributed by atoms with Crippen molar-refractivity contribution in [3.63, 3.8) is 0 Å². The van der Waals surface area contributed by atoms with Crippen LogP contribution in [0.4, 0.5) is 4.39 Å². The third kappa shape index (κ3) is 3.79. The van der Waals surface area contributed by atoms with E-state index in [9.17, 15) is 4.39 Å². The fourth-order valence-corrected chi connectivity index (χ4v) is 3.15. The average Bonchev–Trinajstić information content (AvgIpc) is 2.78. The van der Waals surface area contributed by atoms with E-state index in [0.29, 0.717) is 12.1 Å². The molecule has 2 heteroatoms. The molecule has 2 atom stereocenters. The minimum Gasteiger partial charge on any atom is -0.307 e. The van der Waals surface area contributed by atoms with E-state index in [4.69, 9.17) is 0 Å². The summed E-state index contributed by atoms with van der Waals surface area (Å²) in [6, 6.07) is 6.32. The molecule has 0 aliphatic heterocycles. The average molecular weight is 263 g/mol. The van der Waals surface area contributed by atoms with E-state index in [2.05, 4.69) is 19.2 Å². The maximum Gasteiger partial charge on any atom is 0.123 e. The van der Waals surface area contributed by atoms with Gasteiger partial charge in [0.05, 0.1) is 0 Å². The van der Waals surface area contributed by atoms with Gasteiger partial charge in [0.15, 0.2) is 0 Å². The van der Waals surface area contributed by atoms with Crippen LogP contribution in [-0.4, -0.2) is 6.04 Å². The molecule has 106 valence electrons. The van der Waals surface area contributed by atoms with Gasteiger partial charge < -0.3 is 5.32 Å². The van der Waals surface area contributed by atoms with Crippen LogP contribution in [0.25, 0.3) is 0 Å². The van der Waals surface area contributed by atoms with E-state index >= 15 is 0 Å². The van der Waals surface area contributed by atoms with Crippen LogP contribution in [0.1, 0.15) is 69.5 Å². The van der Waals surface area contributed by atoms with Gasteiger partial charge in [-0.3, -0.25) is 0 Å². The molecular weight excluding hydrogens is 237 g/mol. The Labute approximate surface area is 116 Å². The lowest BCUT2D eigenvalue weighted by molar-refractivity contribution is 0.381. The molecule has 0 radical (unpaired) electrons. The summed E-state index contributed by atoms with van der Waals surface area (Å²) in [7, 11) is 0. The van der Waals surface area contributed by atoms with Gasteiger partial charge in [0.2, 0.25) is 0 Å². The second kappa shape index (κ2) is 7.04. The number of fused-ring (bicyclic) bond motifs is 1. The van der Waals surface area contributed by atoms with Gasteiger partial charge in [0, 0.05) is 12.1 Å². The highest BCUT2D eigenvalue weighted by atomic mass is 19.1. The van der Waals surface area contributed by atoms with E-state index in [1.807, 2.05) is 6.07 Å². The zero-order chi connectivity index (χ0) is 13.7. The Kier molecular flexibility index (Phi) is 5.38. The highest BCUT2D eigenvalue weighted by Gasteiger charge is 2.24. The zero-order valence-corrected chi connectivity index (χ0v) is 12.2. The molecule has 1 nitrogen and oxygen atoms in total. The molecule has 0 heterocycles. The lowest BCUT2D eigenvalue weighted by Gasteiger charge is -2.23. The Hall–Kier alpha value is -0.890. The zero-order valence-electron chi connectivity index (χ0n) is 12.2. The first-order valence-electron chi connectivity index (χ1n) is 7.79. The second-order valence-electron chi connectivity index (χ2n) is 5.73. The Morgan fingerprint density at radius 3 is 2.84 bits per heavy atom. The number of aryl methyl sites for hydroxylation is 1. The fraction of sp³-hybridized carbons (Fsp3) is 0.647. The van der Waals surface area contributed by atoms with Crippen molar-refractivity contribution >= 4 is 0 Å². The summed E-state index contributed by atoms with van der Waals surface area (Å²) in [5.41, 5.74) is 2.52. The minimum absolute atomic E-state index is 0.101. The van der Waals surface area contributed by atoms with Crippen LogP contribution in [0.5, 0.6) is 0 Å². The fourth-order valence-electron chi connectivity index (χ4n) is 3.15. The van der Waals surface area contributed by atoms with Crippen molar-refractivity contribution in [3.05, 3.63) is 35.1 Å². The summed E-state index contributed by atoms with van der Waals surface area (Å²) >= 11 is 0. The predicted octanol–water partition coefficient (Wildman–Crippen LogP) is 4.76. The van der Waals surface area contributed by atoms with Crippen molar-refractivity contribution in [1.82, 2.24) is 5.32 Å². The molecule has 0 bridgehead atoms. The maximum absolute atomic E-state index is 13.2. The Bertz CT molecular complexity index is 402. The van der Waals surface area contributed by atoms with E-state index in [1.54, 1.807) is 12.1 Å². The third-order valence-electron chi connectivity index (χ3n) is 4.16. The topological polar surface area (TPSA) is 12.0 Å². The summed E-state index contributed by atoms with van der Waals surface area (Å²) in [4.78, 5) is 0. The van der Waals surface area contributed by atoms with Gasteiger partial charge in [0.1, 0.15) is 5.82 Å². The van der Waals surface area contributed by atoms with Gasteiger partial charge in [-0.15, -0.1) is 0 Å². The lowest BCUT2D eigenvalue weighted by Crippen LogP contribution is -2.31. The highest BCUT2D eigenvalue weighted by Crippen LogP contribution is 2.32. The van der Waals surface area contributed by atoms with E-state index in [0.717, 1.165) is 12.8 Å². The van der Waals surface area contributed by atoms with Crippen molar-refractivity contribution in [2.75, 3.05) is 0 Å². The normalized spacial score (nSPS) is 19.4. The molecule has 19 heavy (non-hydrogen) atoms. The van der Waals surface area contributed by atoms with Crippen LogP contribution in [0, 0.1) is 5.82 Å². The molecule has 2 rings (SSSR count). The number of benzene rings is 1. The summed E-state index contributed by atoms with van der Waals surface area (Å²) in [5, 5.41) is 3.80. The van der Waals surface area contributed by atoms with Crippen LogP contribution >= 0.6 is 0 Å². The van der Waals surface area contributed by atoms with Gasteiger partial charge in [0.25, 0.3) is 0 Å². The molecule has 0 saturated carbocycles. The molecule has 0 aromatic heterocycles. The molecule has 1 aliphatic rings. The van der Waals surface area contributed by atoms with Gasteiger partial charge >= 0.3 is 0 Å². The smallest absolute Gasteiger partial charge is 0.123 e. The summed E-state index contributed by atoms with van der Waals surface area (Å²) in [6.07, 6.45) is 8.41. The number of nitrogens with one attached hydrogen (secondary N) is 1. The number of rotatable bonds is 7. The van der Waals surface area contributed by atoms with Crippen LogP contribution in [0.15, 0.2) is 18.2 Å². The molecule has 1 N–H and O–H groups in total. The number of unbranched alkanes of at least 4 members (excludes halogenated alkanes) is 1. The maximum atomic E-state index is 13.2. The van der Waals surface area contributed by atoms with Gasteiger partial charge in [-0.2, -0.15) is 0 Å². The minimum atomic E-state index is -0.101. The summed E-state index contributed by atoms with van der Waals surface area (Å²) in [6.45, 7) is 4.50. The van der Waals surface area contributed by atoms with Crippen molar-refractivity contribution in [2.45, 2.75) is 70.9 Å². The summed E-state index contributed by atoms with van der Waals surface area (Å²) < 4.78 is 13.2. The Morgan fingerprint density at radius 1 is 1.26 bits per heavy atom. The number of hydrogen-bond acceptors (Lipinski definition) is 1. The van der Waals surface area contributed by atoms with Gasteiger partial charge in [-0.1, -0.05) is 39.2 Å². The third-order valence-corrected chi connectivity index (χ3v) is 4.16. The standard InChI is InChI=1S/C17H26FN/c1-3-5-7-15(6-4-2)19-17-11-8-13-12-14(18)9-10-16(13)17/h9-10,12,15,17,19H,3-8,11H2,1-2H3. The second-order valence-corrected chi connectivity index (χ2v) is 5.73. The Morgan fingerprint density at radius 2 is 2.11 bits per heavy atom. The first-order valence-corrected chi connectivity index (χ1v) is 7.79. The van der Waals surface area contributed by atoms with Crippen molar-refractivity contribution < 1.29 is 4.39 Å². The molecule has 0 amide bonds. The molecule has 1 aromatic carbocycles. The number of halogens is 1.